The van der Waals surface area contributed by atoms with E-state index in [1.807, 2.05) is 6.92 Å². The molecule has 3 nitrogen and oxygen atoms in total. The van der Waals surface area contributed by atoms with E-state index in [9.17, 15) is 5.11 Å². The summed E-state index contributed by atoms with van der Waals surface area (Å²) in [5.41, 5.74) is 5.28. The summed E-state index contributed by atoms with van der Waals surface area (Å²) in [4.78, 5) is 0. The topological polar surface area (TPSA) is 55.5 Å². The van der Waals surface area contributed by atoms with Gasteiger partial charge in [0.25, 0.3) is 0 Å². The van der Waals surface area contributed by atoms with E-state index in [1.54, 1.807) is 0 Å². The highest BCUT2D eigenvalue weighted by Crippen LogP contribution is 2.16. The van der Waals surface area contributed by atoms with Gasteiger partial charge in [-0.15, -0.1) is 0 Å². The summed E-state index contributed by atoms with van der Waals surface area (Å²) in [6.45, 7) is 2.46. The van der Waals surface area contributed by atoms with Crippen LogP contribution in [0, 0.1) is 0 Å². The molecule has 0 saturated carbocycles. The molecule has 0 aromatic carbocycles. The first-order valence-electron chi connectivity index (χ1n) is 3.66. The summed E-state index contributed by atoms with van der Waals surface area (Å²) < 4.78 is 4.89. The summed E-state index contributed by atoms with van der Waals surface area (Å²) in [6, 6.07) is 0. The quantitative estimate of drug-likeness (QED) is 0.556. The van der Waals surface area contributed by atoms with Gasteiger partial charge in [-0.3, -0.25) is 0 Å². The molecule has 0 radical (unpaired) electrons. The van der Waals surface area contributed by atoms with Crippen molar-refractivity contribution < 1.29 is 9.84 Å². The lowest BCUT2D eigenvalue weighted by atomic mass is 10.1. The molecule has 0 aromatic heterocycles. The number of methoxy groups -OCH3 is 1. The predicted molar refractivity (Wildman–Crippen MR) is 40.5 cm³/mol. The van der Waals surface area contributed by atoms with Crippen LogP contribution in [0.2, 0.25) is 0 Å². The molecule has 3 N–H and O–H groups in total. The molecule has 0 bridgehead atoms. The van der Waals surface area contributed by atoms with Gasteiger partial charge in [0.2, 0.25) is 0 Å². The molecule has 0 saturated heterocycles. The van der Waals surface area contributed by atoms with Crippen molar-refractivity contribution in [2.75, 3.05) is 13.7 Å². The maximum absolute atomic E-state index is 9.52. The second-order valence-corrected chi connectivity index (χ2v) is 2.44. The fourth-order valence-electron chi connectivity index (χ4n) is 0.945. The Hall–Kier alpha value is -0.120. The Bertz CT molecular complexity index is 79.7. The SMILES string of the molecule is CCCC(O)(CCN)OC. The number of rotatable bonds is 5. The Morgan fingerprint density at radius 2 is 2.10 bits per heavy atom. The molecule has 1 atom stereocenters. The Morgan fingerprint density at radius 1 is 1.50 bits per heavy atom. The van der Waals surface area contributed by atoms with Crippen LogP contribution in [0.1, 0.15) is 26.2 Å². The number of aliphatic hydroxyl groups is 1. The molecule has 0 amide bonds. The number of hydrogen-bond donors (Lipinski definition) is 2. The predicted octanol–water partition coefficient (Wildman–Crippen LogP) is 0.470. The molecule has 62 valence electrons. The molecule has 1 unspecified atom stereocenters. The van der Waals surface area contributed by atoms with Gasteiger partial charge in [0.1, 0.15) is 0 Å². The standard InChI is InChI=1S/C7H17NO2/c1-3-4-7(9,10-2)5-6-8/h9H,3-6,8H2,1-2H3. The van der Waals surface area contributed by atoms with E-state index in [1.165, 1.54) is 7.11 Å². The van der Waals surface area contributed by atoms with Gasteiger partial charge in [-0.05, 0) is 6.54 Å². The van der Waals surface area contributed by atoms with Crippen LogP contribution in [0.3, 0.4) is 0 Å². The van der Waals surface area contributed by atoms with Crippen LogP contribution in [0.15, 0.2) is 0 Å². The Balaban J connectivity index is 3.69. The van der Waals surface area contributed by atoms with Crippen molar-refractivity contribution in [3.05, 3.63) is 0 Å². The summed E-state index contributed by atoms with van der Waals surface area (Å²) in [5.74, 6) is -0.983. The monoisotopic (exact) mass is 147 g/mol. The van der Waals surface area contributed by atoms with E-state index >= 15 is 0 Å². The normalized spacial score (nSPS) is 16.8. The van der Waals surface area contributed by atoms with E-state index < -0.39 is 5.79 Å². The van der Waals surface area contributed by atoms with E-state index in [2.05, 4.69) is 0 Å². The Kier molecular flexibility index (Phi) is 4.60. The smallest absolute Gasteiger partial charge is 0.166 e. The van der Waals surface area contributed by atoms with Crippen molar-refractivity contribution in [2.45, 2.75) is 32.0 Å². The Morgan fingerprint density at radius 3 is 2.40 bits per heavy atom. The molecule has 0 rings (SSSR count). The molecule has 0 aliphatic carbocycles. The highest BCUT2D eigenvalue weighted by atomic mass is 16.6. The average Bonchev–Trinajstić information content (AvgIpc) is 1.89. The number of nitrogens with two attached hydrogens (primary N) is 1. The first kappa shape index (κ1) is 9.88. The van der Waals surface area contributed by atoms with E-state index in [0.717, 1.165) is 6.42 Å². The maximum Gasteiger partial charge on any atom is 0.166 e. The van der Waals surface area contributed by atoms with Crippen LogP contribution in [0.4, 0.5) is 0 Å². The van der Waals surface area contributed by atoms with Gasteiger partial charge in [0.05, 0.1) is 0 Å². The summed E-state index contributed by atoms with van der Waals surface area (Å²) in [6.07, 6.45) is 2.07. The molecule has 10 heavy (non-hydrogen) atoms. The fourth-order valence-corrected chi connectivity index (χ4v) is 0.945. The molecule has 0 aliphatic heterocycles. The molecule has 3 heteroatoms. The third-order valence-electron chi connectivity index (χ3n) is 1.56. The van der Waals surface area contributed by atoms with Crippen LogP contribution in [0.5, 0.6) is 0 Å². The summed E-state index contributed by atoms with van der Waals surface area (Å²) in [5, 5.41) is 9.52. The van der Waals surface area contributed by atoms with Gasteiger partial charge in [0.15, 0.2) is 5.79 Å². The lowest BCUT2D eigenvalue weighted by molar-refractivity contribution is -0.192. The van der Waals surface area contributed by atoms with Crippen LogP contribution in [-0.2, 0) is 4.74 Å². The van der Waals surface area contributed by atoms with Crippen molar-refractivity contribution in [1.29, 1.82) is 0 Å². The second-order valence-electron chi connectivity index (χ2n) is 2.44. The third-order valence-corrected chi connectivity index (χ3v) is 1.56. The molecular formula is C7H17NO2. The zero-order chi connectivity index (χ0) is 8.04. The first-order chi connectivity index (χ1) is 4.68. The first-order valence-corrected chi connectivity index (χ1v) is 3.66. The van der Waals surface area contributed by atoms with Gasteiger partial charge in [-0.1, -0.05) is 13.3 Å². The molecule has 0 heterocycles. The minimum atomic E-state index is -0.983. The van der Waals surface area contributed by atoms with Crippen LogP contribution >= 0.6 is 0 Å². The van der Waals surface area contributed by atoms with Crippen molar-refractivity contribution in [3.8, 4) is 0 Å². The molecule has 0 aliphatic rings. The Labute approximate surface area is 62.2 Å². The summed E-state index contributed by atoms with van der Waals surface area (Å²) >= 11 is 0. The molecule has 0 spiro atoms. The van der Waals surface area contributed by atoms with Gasteiger partial charge < -0.3 is 15.6 Å². The van der Waals surface area contributed by atoms with E-state index in [4.69, 9.17) is 10.5 Å². The minimum Gasteiger partial charge on any atom is -0.365 e. The van der Waals surface area contributed by atoms with Gasteiger partial charge >= 0.3 is 0 Å². The number of hydrogen-bond acceptors (Lipinski definition) is 3. The average molecular weight is 147 g/mol. The number of ether oxygens (including phenoxy) is 1. The molecule has 0 aromatic rings. The van der Waals surface area contributed by atoms with Crippen molar-refractivity contribution >= 4 is 0 Å². The van der Waals surface area contributed by atoms with Crippen molar-refractivity contribution in [1.82, 2.24) is 0 Å². The lowest BCUT2D eigenvalue weighted by Crippen LogP contribution is -2.33. The minimum absolute atomic E-state index is 0.463. The fraction of sp³-hybridized carbons (Fsp3) is 1.00. The molecular weight excluding hydrogens is 130 g/mol. The third kappa shape index (κ3) is 3.15. The van der Waals surface area contributed by atoms with Gasteiger partial charge in [0, 0.05) is 20.0 Å². The molecule has 0 fully saturated rings. The second kappa shape index (κ2) is 4.66. The van der Waals surface area contributed by atoms with E-state index in [0.29, 0.717) is 19.4 Å². The lowest BCUT2D eigenvalue weighted by Gasteiger charge is -2.25. The van der Waals surface area contributed by atoms with Crippen LogP contribution < -0.4 is 5.73 Å². The summed E-state index contributed by atoms with van der Waals surface area (Å²) in [7, 11) is 1.51. The van der Waals surface area contributed by atoms with Crippen molar-refractivity contribution in [3.63, 3.8) is 0 Å². The van der Waals surface area contributed by atoms with Crippen LogP contribution in [0.25, 0.3) is 0 Å². The van der Waals surface area contributed by atoms with Crippen LogP contribution in [-0.4, -0.2) is 24.5 Å². The maximum atomic E-state index is 9.52. The van der Waals surface area contributed by atoms with Gasteiger partial charge in [-0.25, -0.2) is 0 Å². The largest absolute Gasteiger partial charge is 0.365 e. The highest BCUT2D eigenvalue weighted by Gasteiger charge is 2.23. The van der Waals surface area contributed by atoms with Crippen molar-refractivity contribution in [2.24, 2.45) is 5.73 Å². The van der Waals surface area contributed by atoms with Gasteiger partial charge in [-0.2, -0.15) is 0 Å². The zero-order valence-electron chi connectivity index (χ0n) is 6.76. The zero-order valence-corrected chi connectivity index (χ0v) is 6.76. The van der Waals surface area contributed by atoms with E-state index in [-0.39, 0.29) is 0 Å². The highest BCUT2D eigenvalue weighted by molar-refractivity contribution is 4.65.